The summed E-state index contributed by atoms with van der Waals surface area (Å²) in [6, 6.07) is 3.63. The molecule has 0 saturated carbocycles. The number of nitrogens with one attached hydrogen (secondary N) is 1. The lowest BCUT2D eigenvalue weighted by Gasteiger charge is -2.26. The molecule has 0 saturated heterocycles. The number of ether oxygens (including phenoxy) is 1. The third-order valence-corrected chi connectivity index (χ3v) is 4.75. The van der Waals surface area contributed by atoms with Gasteiger partial charge in [0.15, 0.2) is 6.29 Å². The maximum Gasteiger partial charge on any atom is 0.246 e. The standard InChI is InChI=1S/C19H28Cl2N2O5/c1-4-28-18(25)11-22-19(26)16(23(27)17(24)8-5-12(2)3)10-13-6-7-14(20)15(21)9-13/h6-7,9,12,16,18,25,27H,4-5,8,10-11H2,1-3H3,(H,22,26)/t16-,18?/m0/s1. The summed E-state index contributed by atoms with van der Waals surface area (Å²) in [5.41, 5.74) is 0.621. The Hall–Kier alpha value is -1.38. The second-order valence-electron chi connectivity index (χ2n) is 6.79. The molecule has 2 atom stereocenters. The van der Waals surface area contributed by atoms with Gasteiger partial charge in [0.05, 0.1) is 16.6 Å². The minimum Gasteiger partial charge on any atom is -0.366 e. The van der Waals surface area contributed by atoms with Crippen molar-refractivity contribution in [2.75, 3.05) is 13.2 Å². The summed E-state index contributed by atoms with van der Waals surface area (Å²) in [6.45, 7) is 5.75. The Morgan fingerprint density at radius 1 is 1.25 bits per heavy atom. The molecule has 3 N–H and O–H groups in total. The van der Waals surface area contributed by atoms with Crippen LogP contribution in [0.4, 0.5) is 0 Å². The first kappa shape index (κ1) is 24.7. The molecule has 1 aromatic carbocycles. The highest BCUT2D eigenvalue weighted by atomic mass is 35.5. The highest BCUT2D eigenvalue weighted by Crippen LogP contribution is 2.24. The lowest BCUT2D eigenvalue weighted by molar-refractivity contribution is -0.180. The van der Waals surface area contributed by atoms with Crippen molar-refractivity contribution >= 4 is 35.0 Å². The van der Waals surface area contributed by atoms with Gasteiger partial charge in [-0.2, -0.15) is 0 Å². The monoisotopic (exact) mass is 434 g/mol. The summed E-state index contributed by atoms with van der Waals surface area (Å²) in [4.78, 5) is 24.9. The van der Waals surface area contributed by atoms with E-state index in [9.17, 15) is 19.9 Å². The first-order valence-corrected chi connectivity index (χ1v) is 9.93. The first-order chi connectivity index (χ1) is 13.1. The van der Waals surface area contributed by atoms with Crippen LogP contribution in [0.2, 0.25) is 10.0 Å². The zero-order valence-electron chi connectivity index (χ0n) is 16.3. The van der Waals surface area contributed by atoms with E-state index in [1.165, 1.54) is 0 Å². The van der Waals surface area contributed by atoms with Crippen molar-refractivity contribution in [2.45, 2.75) is 52.4 Å². The van der Waals surface area contributed by atoms with E-state index < -0.39 is 24.1 Å². The lowest BCUT2D eigenvalue weighted by Crippen LogP contribution is -2.50. The van der Waals surface area contributed by atoms with Crippen LogP contribution in [0, 0.1) is 5.92 Å². The highest BCUT2D eigenvalue weighted by molar-refractivity contribution is 6.42. The zero-order chi connectivity index (χ0) is 21.3. The van der Waals surface area contributed by atoms with E-state index in [2.05, 4.69) is 5.32 Å². The molecule has 0 aliphatic carbocycles. The first-order valence-electron chi connectivity index (χ1n) is 9.17. The molecule has 158 valence electrons. The number of benzene rings is 1. The van der Waals surface area contributed by atoms with Gasteiger partial charge in [-0.1, -0.05) is 43.1 Å². The molecule has 28 heavy (non-hydrogen) atoms. The van der Waals surface area contributed by atoms with Crippen LogP contribution in [0.5, 0.6) is 0 Å². The molecule has 1 unspecified atom stereocenters. The zero-order valence-corrected chi connectivity index (χ0v) is 17.8. The van der Waals surface area contributed by atoms with E-state index in [0.717, 1.165) is 0 Å². The molecule has 7 nitrogen and oxygen atoms in total. The van der Waals surface area contributed by atoms with Crippen molar-refractivity contribution in [1.29, 1.82) is 0 Å². The number of hydrogen-bond acceptors (Lipinski definition) is 5. The van der Waals surface area contributed by atoms with Crippen molar-refractivity contribution in [3.8, 4) is 0 Å². The molecule has 2 amide bonds. The van der Waals surface area contributed by atoms with Crippen LogP contribution in [0.15, 0.2) is 18.2 Å². The number of aliphatic hydroxyl groups is 1. The van der Waals surface area contributed by atoms with Crippen LogP contribution >= 0.6 is 23.2 Å². The predicted octanol–water partition coefficient (Wildman–Crippen LogP) is 3.03. The van der Waals surface area contributed by atoms with Crippen LogP contribution in [-0.2, 0) is 20.7 Å². The van der Waals surface area contributed by atoms with E-state index in [1.54, 1.807) is 25.1 Å². The number of nitrogens with zero attached hydrogens (tertiary/aromatic N) is 1. The van der Waals surface area contributed by atoms with Crippen molar-refractivity contribution in [2.24, 2.45) is 5.92 Å². The van der Waals surface area contributed by atoms with Gasteiger partial charge in [-0.25, -0.2) is 5.06 Å². The molecule has 0 aromatic heterocycles. The maximum absolute atomic E-state index is 12.6. The van der Waals surface area contributed by atoms with Crippen molar-refractivity contribution in [1.82, 2.24) is 10.4 Å². The van der Waals surface area contributed by atoms with Crippen molar-refractivity contribution < 1.29 is 24.6 Å². The van der Waals surface area contributed by atoms with Crippen molar-refractivity contribution in [3.05, 3.63) is 33.8 Å². The van der Waals surface area contributed by atoms with Gasteiger partial charge in [0.2, 0.25) is 11.8 Å². The molecule has 0 radical (unpaired) electrons. The molecule has 0 aliphatic rings. The number of hydroxylamine groups is 2. The van der Waals surface area contributed by atoms with Crippen molar-refractivity contribution in [3.63, 3.8) is 0 Å². The van der Waals surface area contributed by atoms with E-state index in [1.807, 2.05) is 13.8 Å². The minimum absolute atomic E-state index is 0.0252. The van der Waals surface area contributed by atoms with Crippen LogP contribution < -0.4 is 5.32 Å². The molecule has 0 spiro atoms. The largest absolute Gasteiger partial charge is 0.366 e. The van der Waals surface area contributed by atoms with E-state index >= 15 is 0 Å². The summed E-state index contributed by atoms with van der Waals surface area (Å²) in [6.07, 6.45) is -0.457. The predicted molar refractivity (Wildman–Crippen MR) is 107 cm³/mol. The average molecular weight is 435 g/mol. The molecule has 1 aromatic rings. The molecule has 9 heteroatoms. The van der Waals surface area contributed by atoms with Gasteiger partial charge in [0.1, 0.15) is 6.04 Å². The normalized spacial score (nSPS) is 13.3. The van der Waals surface area contributed by atoms with Gasteiger partial charge < -0.3 is 15.2 Å². The summed E-state index contributed by atoms with van der Waals surface area (Å²) in [5, 5.41) is 23.6. The molecule has 0 heterocycles. The molecule has 0 bridgehead atoms. The molecule has 0 aliphatic heterocycles. The number of carbonyl (C=O) groups is 2. The van der Waals surface area contributed by atoms with E-state index in [-0.39, 0.29) is 31.9 Å². The summed E-state index contributed by atoms with van der Waals surface area (Å²) in [5.74, 6) is -0.898. The fraction of sp³-hybridized carbons (Fsp3) is 0.579. The third kappa shape index (κ3) is 8.32. The minimum atomic E-state index is -1.19. The topological polar surface area (TPSA) is 99.1 Å². The highest BCUT2D eigenvalue weighted by Gasteiger charge is 2.29. The lowest BCUT2D eigenvalue weighted by atomic mass is 10.0. The van der Waals surface area contributed by atoms with Crippen LogP contribution in [0.1, 0.15) is 39.2 Å². The SMILES string of the molecule is CCOC(O)CNC(=O)[C@H](Cc1ccc(Cl)c(Cl)c1)N(O)C(=O)CCC(C)C. The Bertz CT molecular complexity index is 657. The van der Waals surface area contributed by atoms with Crippen LogP contribution in [-0.4, -0.2) is 52.7 Å². The second-order valence-corrected chi connectivity index (χ2v) is 7.61. The Balaban J connectivity index is 2.92. The van der Waals surface area contributed by atoms with Crippen LogP contribution in [0.3, 0.4) is 0 Å². The van der Waals surface area contributed by atoms with Gasteiger partial charge in [0, 0.05) is 19.4 Å². The van der Waals surface area contributed by atoms with Crippen LogP contribution in [0.25, 0.3) is 0 Å². The Labute approximate surface area is 175 Å². The number of rotatable bonds is 11. The Morgan fingerprint density at radius 3 is 2.50 bits per heavy atom. The second kappa shape index (κ2) is 12.2. The quantitative estimate of drug-likeness (QED) is 0.282. The summed E-state index contributed by atoms with van der Waals surface area (Å²) in [7, 11) is 0. The summed E-state index contributed by atoms with van der Waals surface area (Å²) >= 11 is 11.9. The average Bonchev–Trinajstić information content (AvgIpc) is 2.64. The molecule has 0 fully saturated rings. The molecular weight excluding hydrogens is 407 g/mol. The van der Waals surface area contributed by atoms with Gasteiger partial charge >= 0.3 is 0 Å². The number of aliphatic hydroxyl groups excluding tert-OH is 1. The third-order valence-electron chi connectivity index (χ3n) is 4.01. The smallest absolute Gasteiger partial charge is 0.246 e. The Kier molecular flexibility index (Phi) is 10.8. The van der Waals surface area contributed by atoms with Gasteiger partial charge in [-0.15, -0.1) is 0 Å². The molecular formula is C19H28Cl2N2O5. The number of hydrogen-bond donors (Lipinski definition) is 3. The maximum atomic E-state index is 12.6. The van der Waals surface area contributed by atoms with Gasteiger partial charge in [-0.05, 0) is 37.0 Å². The fourth-order valence-corrected chi connectivity index (χ4v) is 2.76. The number of carbonyl (C=O) groups excluding carboxylic acids is 2. The number of halogens is 2. The fourth-order valence-electron chi connectivity index (χ4n) is 2.44. The Morgan fingerprint density at radius 2 is 1.93 bits per heavy atom. The van der Waals surface area contributed by atoms with Gasteiger partial charge in [-0.3, -0.25) is 14.8 Å². The van der Waals surface area contributed by atoms with Gasteiger partial charge in [0.25, 0.3) is 0 Å². The van der Waals surface area contributed by atoms with E-state index in [0.29, 0.717) is 27.1 Å². The summed E-state index contributed by atoms with van der Waals surface area (Å²) < 4.78 is 4.96. The van der Waals surface area contributed by atoms with E-state index in [4.69, 9.17) is 27.9 Å². The molecule has 1 rings (SSSR count). The number of amides is 2.